The molecule has 0 unspecified atom stereocenters. The van der Waals surface area contributed by atoms with E-state index < -0.39 is 0 Å². The number of nitrogens with two attached hydrogens (primary N) is 1. The van der Waals surface area contributed by atoms with Gasteiger partial charge >= 0.3 is 5.97 Å². The number of rotatable bonds is 9. The van der Waals surface area contributed by atoms with Crippen molar-refractivity contribution in [1.82, 2.24) is 14.5 Å². The Morgan fingerprint density at radius 3 is 2.76 bits per heavy atom. The highest BCUT2D eigenvalue weighted by Gasteiger charge is 2.19. The summed E-state index contributed by atoms with van der Waals surface area (Å²) in [5.74, 6) is 0.447. The van der Waals surface area contributed by atoms with Crippen LogP contribution in [0.15, 0.2) is 53.5 Å². The molecule has 2 aromatic heterocycles. The van der Waals surface area contributed by atoms with Gasteiger partial charge in [-0.05, 0) is 37.6 Å². The number of esters is 1. The Bertz CT molecular complexity index is 1020. The minimum absolute atomic E-state index is 0.00542. The molecule has 7 nitrogen and oxygen atoms in total. The maximum absolute atomic E-state index is 13.1. The predicted molar refractivity (Wildman–Crippen MR) is 110 cm³/mol. The molecule has 0 aliphatic carbocycles. The number of carbonyl (C=O) groups excluding carboxylic acids is 1. The first-order chi connectivity index (χ1) is 14.1. The summed E-state index contributed by atoms with van der Waals surface area (Å²) in [6.45, 7) is 3.31. The number of methoxy groups -OCH3 is 1. The number of carbonyl (C=O) groups is 1. The second-order valence-electron chi connectivity index (χ2n) is 7.01. The summed E-state index contributed by atoms with van der Waals surface area (Å²) >= 11 is 0. The average Bonchev–Trinajstić information content (AvgIpc) is 2.75. The summed E-state index contributed by atoms with van der Waals surface area (Å²) in [5.41, 5.74) is 1.67. The zero-order chi connectivity index (χ0) is 20.6. The molecule has 7 heteroatoms. The first-order valence-electron chi connectivity index (χ1n) is 9.89. The largest absolute Gasteiger partial charge is 0.469 e. The molecule has 1 aromatic carbocycles. The van der Waals surface area contributed by atoms with Crippen molar-refractivity contribution in [3.63, 3.8) is 0 Å². The number of quaternary nitrogens is 1. The summed E-state index contributed by atoms with van der Waals surface area (Å²) in [4.78, 5) is 33.7. The Hall–Kier alpha value is -3.06. The van der Waals surface area contributed by atoms with Gasteiger partial charge in [0.2, 0.25) is 0 Å². The second kappa shape index (κ2) is 9.93. The third-order valence-electron chi connectivity index (χ3n) is 4.94. The Morgan fingerprint density at radius 1 is 1.21 bits per heavy atom. The number of benzene rings is 1. The summed E-state index contributed by atoms with van der Waals surface area (Å²) in [7, 11) is 1.37. The van der Waals surface area contributed by atoms with Crippen LogP contribution in [0, 0.1) is 0 Å². The smallest absolute Gasteiger partial charge is 0.305 e. The third kappa shape index (κ3) is 5.26. The summed E-state index contributed by atoms with van der Waals surface area (Å²) in [6.07, 6.45) is 3.43. The molecule has 0 bridgehead atoms. The van der Waals surface area contributed by atoms with E-state index in [1.54, 1.807) is 16.8 Å². The van der Waals surface area contributed by atoms with E-state index in [0.29, 0.717) is 23.9 Å². The van der Waals surface area contributed by atoms with Crippen LogP contribution in [-0.2, 0) is 22.5 Å². The van der Waals surface area contributed by atoms with Crippen LogP contribution in [0.2, 0.25) is 0 Å². The standard InChI is InChI=1S/C22H26N4O3/c1-16(23-14-12-17-8-5-6-13-24-17)21-25-19-10-4-3-9-18(19)22(28)26(21)15-7-11-20(27)29-2/h3-6,8-10,13,16,23H,7,11-12,14-15H2,1-2H3/p+1/t16-/m0/s1. The normalized spacial score (nSPS) is 12.1. The third-order valence-corrected chi connectivity index (χ3v) is 4.94. The molecule has 152 valence electrons. The Labute approximate surface area is 169 Å². The van der Waals surface area contributed by atoms with Crippen molar-refractivity contribution in [2.45, 2.75) is 38.8 Å². The van der Waals surface area contributed by atoms with E-state index >= 15 is 0 Å². The van der Waals surface area contributed by atoms with E-state index in [4.69, 9.17) is 9.72 Å². The van der Waals surface area contributed by atoms with Gasteiger partial charge in [0, 0.05) is 31.3 Å². The number of hydrogen-bond acceptors (Lipinski definition) is 5. The van der Waals surface area contributed by atoms with Crippen LogP contribution in [0.25, 0.3) is 10.9 Å². The molecular weight excluding hydrogens is 368 g/mol. The quantitative estimate of drug-likeness (QED) is 0.556. The van der Waals surface area contributed by atoms with Crippen molar-refractivity contribution >= 4 is 16.9 Å². The SMILES string of the molecule is COC(=O)CCCn1c([C@H](C)[NH2+]CCc2ccccn2)nc2ccccc2c1=O. The maximum atomic E-state index is 13.1. The van der Waals surface area contributed by atoms with Crippen LogP contribution in [0.4, 0.5) is 0 Å². The van der Waals surface area contributed by atoms with E-state index in [1.807, 2.05) is 43.3 Å². The van der Waals surface area contributed by atoms with E-state index in [1.165, 1.54) is 7.11 Å². The van der Waals surface area contributed by atoms with Crippen molar-refractivity contribution in [3.05, 3.63) is 70.5 Å². The lowest BCUT2D eigenvalue weighted by Crippen LogP contribution is -2.85. The molecule has 29 heavy (non-hydrogen) atoms. The summed E-state index contributed by atoms with van der Waals surface area (Å²) < 4.78 is 6.41. The average molecular weight is 395 g/mol. The molecule has 3 aromatic rings. The number of nitrogens with zero attached hydrogens (tertiary/aromatic N) is 3. The topological polar surface area (TPSA) is 90.7 Å². The highest BCUT2D eigenvalue weighted by atomic mass is 16.5. The molecule has 0 fully saturated rings. The Balaban J connectivity index is 1.80. The van der Waals surface area contributed by atoms with Crippen LogP contribution >= 0.6 is 0 Å². The van der Waals surface area contributed by atoms with Crippen LogP contribution in [-0.4, -0.2) is 34.2 Å². The molecule has 3 rings (SSSR count). The van der Waals surface area contributed by atoms with Gasteiger partial charge in [-0.2, -0.15) is 0 Å². The second-order valence-corrected chi connectivity index (χ2v) is 7.01. The highest BCUT2D eigenvalue weighted by Crippen LogP contribution is 2.12. The summed E-state index contributed by atoms with van der Waals surface area (Å²) in [5, 5.41) is 2.76. The molecule has 0 spiro atoms. The number of pyridine rings is 1. The van der Waals surface area contributed by atoms with Gasteiger partial charge < -0.3 is 10.1 Å². The van der Waals surface area contributed by atoms with Crippen LogP contribution < -0.4 is 10.9 Å². The van der Waals surface area contributed by atoms with Gasteiger partial charge in [0.05, 0.1) is 24.6 Å². The van der Waals surface area contributed by atoms with Crippen LogP contribution in [0.3, 0.4) is 0 Å². The lowest BCUT2D eigenvalue weighted by atomic mass is 10.2. The number of fused-ring (bicyclic) bond motifs is 1. The van der Waals surface area contributed by atoms with Gasteiger partial charge in [0.25, 0.3) is 5.56 Å². The van der Waals surface area contributed by atoms with Gasteiger partial charge in [0.15, 0.2) is 5.82 Å². The van der Waals surface area contributed by atoms with Gasteiger partial charge in [0.1, 0.15) is 6.04 Å². The van der Waals surface area contributed by atoms with Crippen molar-refractivity contribution < 1.29 is 14.8 Å². The van der Waals surface area contributed by atoms with E-state index in [0.717, 1.165) is 24.5 Å². The molecule has 0 aliphatic rings. The molecule has 0 aliphatic heterocycles. The van der Waals surface area contributed by atoms with E-state index in [9.17, 15) is 9.59 Å². The van der Waals surface area contributed by atoms with Gasteiger partial charge in [-0.1, -0.05) is 18.2 Å². The molecule has 0 amide bonds. The first kappa shape index (κ1) is 20.7. The Morgan fingerprint density at radius 2 is 2.00 bits per heavy atom. The Kier molecular flexibility index (Phi) is 7.08. The first-order valence-corrected chi connectivity index (χ1v) is 9.89. The minimum atomic E-state index is -0.275. The molecule has 1 atom stereocenters. The highest BCUT2D eigenvalue weighted by molar-refractivity contribution is 5.77. The fourth-order valence-electron chi connectivity index (χ4n) is 3.37. The zero-order valence-corrected chi connectivity index (χ0v) is 16.9. The van der Waals surface area contributed by atoms with Crippen molar-refractivity contribution in [3.8, 4) is 0 Å². The molecule has 0 radical (unpaired) electrons. The van der Waals surface area contributed by atoms with Crippen molar-refractivity contribution in [2.75, 3.05) is 13.7 Å². The van der Waals surface area contributed by atoms with Crippen molar-refractivity contribution in [2.24, 2.45) is 0 Å². The maximum Gasteiger partial charge on any atom is 0.305 e. The van der Waals surface area contributed by atoms with E-state index in [2.05, 4.69) is 10.3 Å². The van der Waals surface area contributed by atoms with Gasteiger partial charge in [-0.25, -0.2) is 4.98 Å². The van der Waals surface area contributed by atoms with Crippen LogP contribution in [0.5, 0.6) is 0 Å². The molecule has 2 heterocycles. The van der Waals surface area contributed by atoms with Crippen molar-refractivity contribution in [1.29, 1.82) is 0 Å². The predicted octanol–water partition coefficient (Wildman–Crippen LogP) is 1.61. The minimum Gasteiger partial charge on any atom is -0.469 e. The molecule has 2 N–H and O–H groups in total. The molecular formula is C22H27N4O3+. The molecule has 0 saturated heterocycles. The fourth-order valence-corrected chi connectivity index (χ4v) is 3.37. The fraction of sp³-hybridized carbons (Fsp3) is 0.364. The summed E-state index contributed by atoms with van der Waals surface area (Å²) in [6, 6.07) is 13.3. The zero-order valence-electron chi connectivity index (χ0n) is 16.9. The number of para-hydroxylation sites is 1. The van der Waals surface area contributed by atoms with E-state index in [-0.39, 0.29) is 24.0 Å². The van der Waals surface area contributed by atoms with Crippen LogP contribution in [0.1, 0.15) is 37.3 Å². The lowest BCUT2D eigenvalue weighted by molar-refractivity contribution is -0.693. The number of hydrogen-bond donors (Lipinski definition) is 1. The number of aromatic nitrogens is 3. The number of ether oxygens (including phenoxy) is 1. The van der Waals surface area contributed by atoms with Gasteiger partial charge in [-0.15, -0.1) is 0 Å². The monoisotopic (exact) mass is 395 g/mol. The molecule has 0 saturated carbocycles. The van der Waals surface area contributed by atoms with Gasteiger partial charge in [-0.3, -0.25) is 19.1 Å². The lowest BCUT2D eigenvalue weighted by Gasteiger charge is -2.17.